The minimum absolute atomic E-state index is 0.317. The van der Waals surface area contributed by atoms with E-state index in [1.165, 1.54) is 12.8 Å². The number of hydrogen-bond acceptors (Lipinski definition) is 4. The summed E-state index contributed by atoms with van der Waals surface area (Å²) in [5.41, 5.74) is 6.88. The van der Waals surface area contributed by atoms with E-state index in [0.29, 0.717) is 6.04 Å². The van der Waals surface area contributed by atoms with Crippen LogP contribution < -0.4 is 5.73 Å². The zero-order chi connectivity index (χ0) is 9.26. The van der Waals surface area contributed by atoms with Crippen molar-refractivity contribution in [2.45, 2.75) is 31.0 Å². The highest BCUT2D eigenvalue weighted by molar-refractivity contribution is 7.99. The summed E-state index contributed by atoms with van der Waals surface area (Å²) in [5.74, 6) is 1.67. The summed E-state index contributed by atoms with van der Waals surface area (Å²) in [5, 5.41) is 0.744. The Hall–Kier alpha value is -0.480. The molecule has 0 spiro atoms. The fourth-order valence-electron chi connectivity index (χ4n) is 1.23. The maximum atomic E-state index is 5.94. The number of oxazole rings is 1. The molecule has 3 nitrogen and oxygen atoms in total. The Bertz CT molecular complexity index is 283. The standard InChI is InChI=1S/C9H14N2OS/c1-6-4-12-9(11-6)13-5-8(10)7-2-3-7/h4,7-8H,2-3,5,10H2,1H3. The van der Waals surface area contributed by atoms with Crippen molar-refractivity contribution in [3.8, 4) is 0 Å². The summed E-state index contributed by atoms with van der Waals surface area (Å²) in [6.07, 6.45) is 4.27. The van der Waals surface area contributed by atoms with Crippen LogP contribution in [0.3, 0.4) is 0 Å². The minimum atomic E-state index is 0.317. The van der Waals surface area contributed by atoms with Gasteiger partial charge in [0.05, 0.1) is 5.69 Å². The summed E-state index contributed by atoms with van der Waals surface area (Å²) >= 11 is 1.61. The molecule has 0 amide bonds. The van der Waals surface area contributed by atoms with Gasteiger partial charge in [-0.05, 0) is 25.7 Å². The van der Waals surface area contributed by atoms with Gasteiger partial charge >= 0.3 is 0 Å². The monoisotopic (exact) mass is 198 g/mol. The SMILES string of the molecule is Cc1coc(SCC(N)C2CC2)n1. The number of nitrogens with zero attached hydrogens (tertiary/aromatic N) is 1. The number of nitrogens with two attached hydrogens (primary N) is 1. The topological polar surface area (TPSA) is 52.0 Å². The van der Waals surface area contributed by atoms with Crippen LogP contribution in [0.1, 0.15) is 18.5 Å². The normalized spacial score (nSPS) is 18.9. The Balaban J connectivity index is 1.78. The summed E-state index contributed by atoms with van der Waals surface area (Å²) in [6.45, 7) is 1.92. The quantitative estimate of drug-likeness (QED) is 0.750. The Morgan fingerprint density at radius 2 is 2.54 bits per heavy atom. The summed E-state index contributed by atoms with van der Waals surface area (Å²) in [6, 6.07) is 0.317. The largest absolute Gasteiger partial charge is 0.440 e. The van der Waals surface area contributed by atoms with Gasteiger partial charge in [0, 0.05) is 11.8 Å². The fraction of sp³-hybridized carbons (Fsp3) is 0.667. The van der Waals surface area contributed by atoms with Crippen LogP contribution in [0, 0.1) is 12.8 Å². The molecule has 0 saturated heterocycles. The predicted molar refractivity (Wildman–Crippen MR) is 52.7 cm³/mol. The molecule has 0 bridgehead atoms. The van der Waals surface area contributed by atoms with Crippen molar-refractivity contribution < 1.29 is 4.42 Å². The van der Waals surface area contributed by atoms with Crippen molar-refractivity contribution in [3.63, 3.8) is 0 Å². The third kappa shape index (κ3) is 2.48. The van der Waals surface area contributed by atoms with Crippen molar-refractivity contribution in [1.82, 2.24) is 4.98 Å². The molecule has 0 aliphatic heterocycles. The van der Waals surface area contributed by atoms with Crippen LogP contribution in [0.25, 0.3) is 0 Å². The third-order valence-corrected chi connectivity index (χ3v) is 3.21. The average Bonchev–Trinajstić information content (AvgIpc) is 2.87. The van der Waals surface area contributed by atoms with Gasteiger partial charge < -0.3 is 10.2 Å². The summed E-state index contributed by atoms with van der Waals surface area (Å²) < 4.78 is 5.21. The zero-order valence-corrected chi connectivity index (χ0v) is 8.51. The van der Waals surface area contributed by atoms with E-state index in [9.17, 15) is 0 Å². The summed E-state index contributed by atoms with van der Waals surface area (Å²) in [7, 11) is 0. The lowest BCUT2D eigenvalue weighted by atomic mass is 10.2. The number of aromatic nitrogens is 1. The first-order valence-corrected chi connectivity index (χ1v) is 5.55. The molecular weight excluding hydrogens is 184 g/mol. The average molecular weight is 198 g/mol. The smallest absolute Gasteiger partial charge is 0.255 e. The zero-order valence-electron chi connectivity index (χ0n) is 7.69. The van der Waals surface area contributed by atoms with Gasteiger partial charge in [0.1, 0.15) is 6.26 Å². The van der Waals surface area contributed by atoms with Crippen LogP contribution in [0.4, 0.5) is 0 Å². The molecule has 0 aromatic carbocycles. The highest BCUT2D eigenvalue weighted by atomic mass is 32.2. The maximum Gasteiger partial charge on any atom is 0.255 e. The molecule has 2 rings (SSSR count). The molecule has 1 unspecified atom stereocenters. The Morgan fingerprint density at radius 3 is 3.08 bits per heavy atom. The first-order valence-electron chi connectivity index (χ1n) is 4.56. The van der Waals surface area contributed by atoms with Crippen LogP contribution >= 0.6 is 11.8 Å². The molecule has 1 aliphatic rings. The molecule has 0 radical (unpaired) electrons. The van der Waals surface area contributed by atoms with E-state index in [1.807, 2.05) is 6.92 Å². The van der Waals surface area contributed by atoms with Crippen molar-refractivity contribution in [1.29, 1.82) is 0 Å². The minimum Gasteiger partial charge on any atom is -0.440 e. The van der Waals surface area contributed by atoms with Gasteiger partial charge in [-0.2, -0.15) is 0 Å². The molecule has 13 heavy (non-hydrogen) atoms. The van der Waals surface area contributed by atoms with E-state index in [4.69, 9.17) is 10.2 Å². The van der Waals surface area contributed by atoms with E-state index < -0.39 is 0 Å². The number of hydrogen-bond donors (Lipinski definition) is 1. The molecule has 1 aromatic rings. The van der Waals surface area contributed by atoms with Crippen molar-refractivity contribution >= 4 is 11.8 Å². The molecule has 4 heteroatoms. The van der Waals surface area contributed by atoms with Gasteiger partial charge in [0.25, 0.3) is 5.22 Å². The summed E-state index contributed by atoms with van der Waals surface area (Å²) in [4.78, 5) is 4.20. The second-order valence-electron chi connectivity index (χ2n) is 3.57. The third-order valence-electron chi connectivity index (χ3n) is 2.22. The van der Waals surface area contributed by atoms with E-state index in [2.05, 4.69) is 4.98 Å². The molecule has 1 saturated carbocycles. The van der Waals surface area contributed by atoms with Gasteiger partial charge in [0.15, 0.2) is 0 Å². The lowest BCUT2D eigenvalue weighted by Gasteiger charge is -2.06. The predicted octanol–water partition coefficient (Wildman–Crippen LogP) is 1.81. The van der Waals surface area contributed by atoms with Crippen LogP contribution in [-0.4, -0.2) is 16.8 Å². The lowest BCUT2D eigenvalue weighted by Crippen LogP contribution is -2.24. The molecule has 1 heterocycles. The van der Waals surface area contributed by atoms with Crippen molar-refractivity contribution in [2.75, 3.05) is 5.75 Å². The van der Waals surface area contributed by atoms with Crippen LogP contribution in [0.2, 0.25) is 0 Å². The maximum absolute atomic E-state index is 5.94. The molecule has 1 aliphatic carbocycles. The Labute approximate surface area is 82.1 Å². The van der Waals surface area contributed by atoms with E-state index in [-0.39, 0.29) is 0 Å². The molecular formula is C9H14N2OS. The number of aryl methyl sites for hydroxylation is 1. The molecule has 1 aromatic heterocycles. The van der Waals surface area contributed by atoms with Gasteiger partial charge in [-0.15, -0.1) is 0 Å². The van der Waals surface area contributed by atoms with Gasteiger partial charge in [-0.1, -0.05) is 11.8 Å². The van der Waals surface area contributed by atoms with Gasteiger partial charge in [-0.3, -0.25) is 0 Å². The van der Waals surface area contributed by atoms with E-state index in [1.54, 1.807) is 18.0 Å². The Kier molecular flexibility index (Phi) is 2.60. The van der Waals surface area contributed by atoms with E-state index >= 15 is 0 Å². The first-order chi connectivity index (χ1) is 6.25. The van der Waals surface area contributed by atoms with Crippen LogP contribution in [0.5, 0.6) is 0 Å². The van der Waals surface area contributed by atoms with Gasteiger partial charge in [0.2, 0.25) is 0 Å². The van der Waals surface area contributed by atoms with E-state index in [0.717, 1.165) is 22.6 Å². The highest BCUT2D eigenvalue weighted by Crippen LogP contribution is 2.33. The molecule has 72 valence electrons. The number of thioether (sulfide) groups is 1. The first kappa shape index (κ1) is 9.09. The molecule has 1 fully saturated rings. The van der Waals surface area contributed by atoms with Crippen molar-refractivity contribution in [3.05, 3.63) is 12.0 Å². The lowest BCUT2D eigenvalue weighted by molar-refractivity contribution is 0.453. The molecule has 1 atom stereocenters. The fourth-order valence-corrected chi connectivity index (χ4v) is 2.16. The number of rotatable bonds is 4. The second kappa shape index (κ2) is 3.72. The van der Waals surface area contributed by atoms with Crippen LogP contribution in [0.15, 0.2) is 15.9 Å². The Morgan fingerprint density at radius 1 is 1.77 bits per heavy atom. The molecule has 2 N–H and O–H groups in total. The van der Waals surface area contributed by atoms with Gasteiger partial charge in [-0.25, -0.2) is 4.98 Å². The second-order valence-corrected chi connectivity index (χ2v) is 4.54. The van der Waals surface area contributed by atoms with Crippen molar-refractivity contribution in [2.24, 2.45) is 11.7 Å². The van der Waals surface area contributed by atoms with Crippen LogP contribution in [-0.2, 0) is 0 Å². The highest BCUT2D eigenvalue weighted by Gasteiger charge is 2.28.